The van der Waals surface area contributed by atoms with Crippen molar-refractivity contribution in [3.8, 4) is 0 Å². The third-order valence-electron chi connectivity index (χ3n) is 4.01. The molecule has 0 radical (unpaired) electrons. The number of rotatable bonds is 15. The summed E-state index contributed by atoms with van der Waals surface area (Å²) < 4.78 is 98.3. The first-order valence-corrected chi connectivity index (χ1v) is 16.4. The van der Waals surface area contributed by atoms with Gasteiger partial charge in [0, 0.05) is 19.8 Å². The van der Waals surface area contributed by atoms with Gasteiger partial charge in [-0.25, -0.2) is 0 Å². The first-order chi connectivity index (χ1) is 16.5. The average molecular weight is 593 g/mol. The van der Waals surface area contributed by atoms with Crippen molar-refractivity contribution in [3.05, 3.63) is 41.7 Å². The van der Waals surface area contributed by atoms with E-state index in [1.165, 1.54) is 26.8 Å². The van der Waals surface area contributed by atoms with E-state index in [4.69, 9.17) is 24.6 Å². The molecule has 1 rings (SSSR count). The first kappa shape index (κ1) is 33.8. The molecule has 14 heteroatoms. The molecule has 0 aliphatic rings. The summed E-state index contributed by atoms with van der Waals surface area (Å²) in [4.78, 5) is 11.6. The second-order valence-corrected chi connectivity index (χ2v) is 13.9. The third-order valence-corrected chi connectivity index (χ3v) is 13.2. The molecule has 0 fully saturated rings. The molecule has 0 saturated carbocycles. The minimum atomic E-state index is -4.85. The second kappa shape index (κ2) is 16.5. The molecular formula is C21H33F5GeO7Si. The van der Waals surface area contributed by atoms with Crippen LogP contribution in [0.5, 0.6) is 0 Å². The van der Waals surface area contributed by atoms with Crippen LogP contribution in [0.15, 0.2) is 12.7 Å². The summed E-state index contributed by atoms with van der Waals surface area (Å²) in [6.45, 7) is 14.4. The molecule has 0 atom stereocenters. The van der Waals surface area contributed by atoms with Crippen LogP contribution in [0.3, 0.4) is 0 Å². The summed E-state index contributed by atoms with van der Waals surface area (Å²) >= 11 is -4.85. The van der Waals surface area contributed by atoms with Crippen LogP contribution in [-0.2, 0) is 29.4 Å². The van der Waals surface area contributed by atoms with Crippen LogP contribution in [0.4, 0.5) is 22.0 Å². The van der Waals surface area contributed by atoms with Gasteiger partial charge >= 0.3 is 130 Å². The minimum absolute atomic E-state index is 0.0561. The van der Waals surface area contributed by atoms with E-state index in [0.717, 1.165) is 0 Å². The van der Waals surface area contributed by atoms with Crippen LogP contribution in [0.25, 0.3) is 0 Å². The summed E-state index contributed by atoms with van der Waals surface area (Å²) in [7, 11) is -3.16. The van der Waals surface area contributed by atoms with Crippen molar-refractivity contribution in [2.24, 2.45) is 0 Å². The quantitative estimate of drug-likeness (QED) is 0.100. The summed E-state index contributed by atoms with van der Waals surface area (Å²) in [5.74, 6) is -10.3. The van der Waals surface area contributed by atoms with Gasteiger partial charge < -0.3 is 13.3 Å². The van der Waals surface area contributed by atoms with Crippen molar-refractivity contribution < 1.29 is 51.3 Å². The van der Waals surface area contributed by atoms with Crippen molar-refractivity contribution in [2.75, 3.05) is 39.6 Å². The Kier molecular flexibility index (Phi) is 16.0. The normalized spacial score (nSPS) is 11.7. The topological polar surface area (TPSA) is 72.5 Å². The maximum absolute atomic E-state index is 14.0. The van der Waals surface area contributed by atoms with Gasteiger partial charge in [0.15, 0.2) is 0 Å². The second-order valence-electron chi connectivity index (χ2n) is 6.22. The third kappa shape index (κ3) is 8.42. The molecule has 0 aliphatic carbocycles. The molecule has 0 heterocycles. The van der Waals surface area contributed by atoms with E-state index in [9.17, 15) is 26.7 Å². The number of halogens is 5. The zero-order valence-electron chi connectivity index (χ0n) is 20.8. The number of benzene rings is 1. The Bertz CT molecular complexity index is 769. The molecular weight excluding hydrogens is 560 g/mol. The zero-order chi connectivity index (χ0) is 27.2. The molecule has 1 aromatic rings. The average Bonchev–Trinajstić information content (AvgIpc) is 2.82. The Hall–Kier alpha value is -1.20. The standard InChI is InChI=1S/C12H15F5GeO3.C9H18O4Si/c1-4-19-18(20-5-2,21-6-3)12-10(16)8(14)7(13)9(15)11(12)17;1-5-9(10)14(11-6-2,12-7-3)13-8-4/h4-6H2,1-3H3;5H,1,6-8H2,2-4H3. The van der Waals surface area contributed by atoms with Gasteiger partial charge in [-0.15, -0.1) is 0 Å². The predicted octanol–water partition coefficient (Wildman–Crippen LogP) is 3.97. The molecule has 1 aromatic carbocycles. The fourth-order valence-corrected chi connectivity index (χ4v) is 10.3. The molecule has 0 spiro atoms. The summed E-state index contributed by atoms with van der Waals surface area (Å²) in [5, 5.41) is -0.275. The van der Waals surface area contributed by atoms with Gasteiger partial charge in [0.2, 0.25) is 5.41 Å². The number of carbonyl (C=O) groups is 1. The van der Waals surface area contributed by atoms with Gasteiger partial charge in [-0.1, -0.05) is 6.58 Å². The van der Waals surface area contributed by atoms with Crippen LogP contribution < -0.4 is 4.40 Å². The summed E-state index contributed by atoms with van der Waals surface area (Å²) in [6, 6.07) is 0. The van der Waals surface area contributed by atoms with Gasteiger partial charge in [0.25, 0.3) is 0 Å². The number of hydrogen-bond donors (Lipinski definition) is 0. The van der Waals surface area contributed by atoms with Gasteiger partial charge in [0.05, 0.1) is 0 Å². The zero-order valence-corrected chi connectivity index (χ0v) is 23.9. The fourth-order valence-electron chi connectivity index (χ4n) is 2.82. The molecule has 35 heavy (non-hydrogen) atoms. The Morgan fingerprint density at radius 2 is 1.00 bits per heavy atom. The van der Waals surface area contributed by atoms with Crippen molar-refractivity contribution in [3.63, 3.8) is 0 Å². The van der Waals surface area contributed by atoms with E-state index in [1.54, 1.807) is 20.8 Å². The van der Waals surface area contributed by atoms with Gasteiger partial charge in [-0.05, 0) is 26.8 Å². The Labute approximate surface area is 207 Å². The maximum atomic E-state index is 14.0. The molecule has 0 N–H and O–H groups in total. The van der Waals surface area contributed by atoms with Crippen LogP contribution >= 0.6 is 0 Å². The summed E-state index contributed by atoms with van der Waals surface area (Å²) in [5.41, 5.74) is 0. The fraction of sp³-hybridized carbons (Fsp3) is 0.571. The SMILES string of the molecule is C=CC(=O)[Si](OCC)(OCC)OCC.CC[O][Ge]([O]CC)([O]CC)[c]1c(F)c(F)c(F)c(F)c1F. The van der Waals surface area contributed by atoms with E-state index in [2.05, 4.69) is 6.58 Å². The number of allylic oxidation sites excluding steroid dienone is 1. The monoisotopic (exact) mass is 594 g/mol. The molecule has 0 saturated heterocycles. The van der Waals surface area contributed by atoms with Gasteiger partial charge in [-0.3, -0.25) is 4.79 Å². The van der Waals surface area contributed by atoms with Gasteiger partial charge in [-0.2, -0.15) is 0 Å². The van der Waals surface area contributed by atoms with Crippen molar-refractivity contribution >= 4 is 32.9 Å². The predicted molar refractivity (Wildman–Crippen MR) is 122 cm³/mol. The molecule has 0 aromatic heterocycles. The molecule has 0 bridgehead atoms. The van der Waals surface area contributed by atoms with E-state index in [-0.39, 0.29) is 25.2 Å². The van der Waals surface area contributed by atoms with Crippen LogP contribution in [0.1, 0.15) is 41.5 Å². The number of carbonyl (C=O) groups excluding carboxylic acids is 1. The van der Waals surface area contributed by atoms with Crippen molar-refractivity contribution in [1.29, 1.82) is 0 Å². The van der Waals surface area contributed by atoms with Crippen LogP contribution in [0, 0.1) is 29.1 Å². The Balaban J connectivity index is 0.000000720. The van der Waals surface area contributed by atoms with Crippen LogP contribution in [0.2, 0.25) is 0 Å². The van der Waals surface area contributed by atoms with E-state index < -0.39 is 56.6 Å². The molecule has 0 amide bonds. The summed E-state index contributed by atoms with van der Waals surface area (Å²) in [6.07, 6.45) is 1.20. The molecule has 0 aliphatic heterocycles. The van der Waals surface area contributed by atoms with Crippen molar-refractivity contribution in [1.82, 2.24) is 0 Å². The molecule has 202 valence electrons. The van der Waals surface area contributed by atoms with Crippen molar-refractivity contribution in [2.45, 2.75) is 41.5 Å². The Morgan fingerprint density at radius 1 is 0.686 bits per heavy atom. The Morgan fingerprint density at radius 3 is 1.26 bits per heavy atom. The van der Waals surface area contributed by atoms with Gasteiger partial charge in [0.1, 0.15) is 0 Å². The molecule has 7 nitrogen and oxygen atoms in total. The van der Waals surface area contributed by atoms with E-state index in [0.29, 0.717) is 19.8 Å². The van der Waals surface area contributed by atoms with E-state index >= 15 is 0 Å². The first-order valence-electron chi connectivity index (χ1n) is 11.0. The molecule has 0 unspecified atom stereocenters. The van der Waals surface area contributed by atoms with Crippen LogP contribution in [-0.4, -0.2) is 68.1 Å². The number of hydrogen-bond acceptors (Lipinski definition) is 7. The van der Waals surface area contributed by atoms with E-state index in [1.807, 2.05) is 0 Å².